The Morgan fingerprint density at radius 1 is 1.03 bits per heavy atom. The van der Waals surface area contributed by atoms with Gasteiger partial charge in [-0.2, -0.15) is 5.10 Å². The molecule has 1 fully saturated rings. The first-order valence-corrected chi connectivity index (χ1v) is 10.5. The lowest BCUT2D eigenvalue weighted by Crippen LogP contribution is -2.40. The zero-order valence-electron chi connectivity index (χ0n) is 17.2. The molecule has 1 aromatic heterocycles. The number of amides is 1. The van der Waals surface area contributed by atoms with E-state index in [0.717, 1.165) is 36.8 Å². The minimum atomic E-state index is -1.28. The number of rotatable bonds is 4. The van der Waals surface area contributed by atoms with Gasteiger partial charge in [-0.1, -0.05) is 24.6 Å². The third-order valence-corrected chi connectivity index (χ3v) is 5.80. The average molecular weight is 435 g/mol. The Hall–Kier alpha value is -3.88. The van der Waals surface area contributed by atoms with E-state index >= 15 is 0 Å². The van der Waals surface area contributed by atoms with Crippen LogP contribution in [-0.2, 0) is 11.3 Å². The van der Waals surface area contributed by atoms with Crippen molar-refractivity contribution < 1.29 is 24.2 Å². The summed E-state index contributed by atoms with van der Waals surface area (Å²) in [4.78, 5) is 36.9. The molecule has 164 valence electrons. The molecule has 2 heterocycles. The number of ether oxygens (including phenoxy) is 2. The second-order valence-corrected chi connectivity index (χ2v) is 8.05. The normalized spacial score (nSPS) is 16.2. The van der Waals surface area contributed by atoms with Gasteiger partial charge in [-0.15, -0.1) is 0 Å². The second kappa shape index (κ2) is 7.67. The van der Waals surface area contributed by atoms with Crippen molar-refractivity contribution in [2.45, 2.75) is 44.4 Å². The Labute approximate surface area is 182 Å². The molecule has 32 heavy (non-hydrogen) atoms. The van der Waals surface area contributed by atoms with E-state index < -0.39 is 29.8 Å². The van der Waals surface area contributed by atoms with E-state index in [-0.39, 0.29) is 16.5 Å². The zero-order chi connectivity index (χ0) is 22.3. The van der Waals surface area contributed by atoms with Crippen molar-refractivity contribution in [1.82, 2.24) is 9.78 Å². The lowest BCUT2D eigenvalue weighted by atomic mass is 9.94. The molecule has 2 aliphatic rings. The highest BCUT2D eigenvalue weighted by molar-refractivity contribution is 6.01. The van der Waals surface area contributed by atoms with Crippen molar-refractivity contribution in [3.05, 3.63) is 58.5 Å². The molecular formula is C23H21N3O6. The fourth-order valence-corrected chi connectivity index (χ4v) is 4.30. The molecular weight excluding hydrogens is 414 g/mol. The SMILES string of the molecule is O=C(Cn1nc(C(=O)O)c2ccccc2c1=O)Nc1ccc2c(c1)OC1(CCCCC1)O2. The van der Waals surface area contributed by atoms with E-state index in [0.29, 0.717) is 17.2 Å². The third-order valence-electron chi connectivity index (χ3n) is 5.80. The van der Waals surface area contributed by atoms with E-state index in [4.69, 9.17) is 9.47 Å². The minimum absolute atomic E-state index is 0.188. The number of carbonyl (C=O) groups excluding carboxylic acids is 1. The van der Waals surface area contributed by atoms with Crippen LogP contribution in [0.2, 0.25) is 0 Å². The molecule has 9 nitrogen and oxygen atoms in total. The Morgan fingerprint density at radius 3 is 2.50 bits per heavy atom. The third kappa shape index (κ3) is 3.55. The van der Waals surface area contributed by atoms with Crippen LogP contribution in [0.5, 0.6) is 11.5 Å². The van der Waals surface area contributed by atoms with Crippen LogP contribution in [0, 0.1) is 0 Å². The number of carboxylic acid groups (broad SMARTS) is 1. The summed E-state index contributed by atoms with van der Waals surface area (Å²) < 4.78 is 13.0. The number of anilines is 1. The number of hydrogen-bond donors (Lipinski definition) is 2. The summed E-state index contributed by atoms with van der Waals surface area (Å²) in [5.41, 5.74) is -0.336. The fraction of sp³-hybridized carbons (Fsp3) is 0.304. The van der Waals surface area contributed by atoms with Gasteiger partial charge in [0.15, 0.2) is 17.2 Å². The van der Waals surface area contributed by atoms with Gasteiger partial charge in [0.2, 0.25) is 5.91 Å². The van der Waals surface area contributed by atoms with Crippen LogP contribution < -0.4 is 20.3 Å². The second-order valence-electron chi connectivity index (χ2n) is 8.05. The van der Waals surface area contributed by atoms with Crippen LogP contribution >= 0.6 is 0 Å². The lowest BCUT2D eigenvalue weighted by Gasteiger charge is -2.31. The molecule has 2 N–H and O–H groups in total. The van der Waals surface area contributed by atoms with E-state index in [1.807, 2.05) is 0 Å². The summed E-state index contributed by atoms with van der Waals surface area (Å²) >= 11 is 0. The Kier molecular flexibility index (Phi) is 4.80. The maximum Gasteiger partial charge on any atom is 0.357 e. The van der Waals surface area contributed by atoms with Gasteiger partial charge in [0.25, 0.3) is 11.3 Å². The molecule has 1 amide bonds. The average Bonchev–Trinajstić information content (AvgIpc) is 3.12. The first-order chi connectivity index (χ1) is 15.4. The topological polar surface area (TPSA) is 120 Å². The monoisotopic (exact) mass is 435 g/mol. The van der Waals surface area contributed by atoms with Gasteiger partial charge in [0.1, 0.15) is 6.54 Å². The zero-order valence-corrected chi connectivity index (χ0v) is 17.2. The van der Waals surface area contributed by atoms with Crippen molar-refractivity contribution in [1.29, 1.82) is 0 Å². The van der Waals surface area contributed by atoms with Gasteiger partial charge in [-0.05, 0) is 31.0 Å². The van der Waals surface area contributed by atoms with Crippen molar-refractivity contribution in [2.24, 2.45) is 0 Å². The van der Waals surface area contributed by atoms with Crippen LogP contribution in [0.15, 0.2) is 47.3 Å². The Bertz CT molecular complexity index is 1290. The van der Waals surface area contributed by atoms with Gasteiger partial charge >= 0.3 is 5.97 Å². The van der Waals surface area contributed by atoms with Crippen molar-refractivity contribution in [3.63, 3.8) is 0 Å². The summed E-state index contributed by atoms with van der Waals surface area (Å²) in [6, 6.07) is 11.4. The minimum Gasteiger partial charge on any atom is -0.476 e. The highest BCUT2D eigenvalue weighted by atomic mass is 16.7. The molecule has 5 rings (SSSR count). The van der Waals surface area contributed by atoms with Crippen LogP contribution in [0.3, 0.4) is 0 Å². The maximum atomic E-state index is 12.7. The fourth-order valence-electron chi connectivity index (χ4n) is 4.30. The number of aromatic nitrogens is 2. The Balaban J connectivity index is 1.36. The number of nitrogens with one attached hydrogen (secondary N) is 1. The van der Waals surface area contributed by atoms with E-state index in [9.17, 15) is 19.5 Å². The van der Waals surface area contributed by atoms with Crippen molar-refractivity contribution >= 4 is 28.3 Å². The predicted octanol–water partition coefficient (Wildman–Crippen LogP) is 3.17. The molecule has 2 aromatic carbocycles. The van der Waals surface area contributed by atoms with Gasteiger partial charge in [0.05, 0.1) is 5.39 Å². The molecule has 0 saturated heterocycles. The molecule has 1 saturated carbocycles. The summed E-state index contributed by atoms with van der Waals surface area (Å²) in [6.07, 6.45) is 4.91. The first kappa shape index (κ1) is 20.0. The smallest absolute Gasteiger partial charge is 0.357 e. The number of nitrogens with zero attached hydrogens (tertiary/aromatic N) is 2. The molecule has 1 aliphatic heterocycles. The quantitative estimate of drug-likeness (QED) is 0.646. The van der Waals surface area contributed by atoms with Crippen molar-refractivity contribution in [2.75, 3.05) is 5.32 Å². The molecule has 0 atom stereocenters. The molecule has 3 aromatic rings. The van der Waals surface area contributed by atoms with E-state index in [1.54, 1.807) is 30.3 Å². The van der Waals surface area contributed by atoms with Crippen LogP contribution in [0.1, 0.15) is 42.6 Å². The van der Waals surface area contributed by atoms with Gasteiger partial charge in [-0.25, -0.2) is 9.48 Å². The van der Waals surface area contributed by atoms with Crippen LogP contribution in [0.25, 0.3) is 10.8 Å². The molecule has 9 heteroatoms. The predicted molar refractivity (Wildman–Crippen MR) is 115 cm³/mol. The standard InChI is InChI=1S/C23H21N3O6/c27-19(13-26-21(28)16-7-3-2-6-15(16)20(25-26)22(29)30)24-14-8-9-17-18(12-14)32-23(31-17)10-4-1-5-11-23/h2-3,6-9,12H,1,4-5,10-11,13H2,(H,24,27)(H,29,30). The Morgan fingerprint density at radius 2 is 1.75 bits per heavy atom. The largest absolute Gasteiger partial charge is 0.476 e. The van der Waals surface area contributed by atoms with Crippen LogP contribution in [-0.4, -0.2) is 32.6 Å². The number of benzene rings is 2. The summed E-state index contributed by atoms with van der Waals surface area (Å²) in [5, 5.41) is 16.5. The summed E-state index contributed by atoms with van der Waals surface area (Å²) in [6.45, 7) is -0.428. The van der Waals surface area contributed by atoms with Gasteiger partial charge < -0.3 is 19.9 Å². The molecule has 1 spiro atoms. The van der Waals surface area contributed by atoms with E-state index in [2.05, 4.69) is 10.4 Å². The number of hydrogen-bond acceptors (Lipinski definition) is 6. The number of fused-ring (bicyclic) bond motifs is 2. The number of carbonyl (C=O) groups is 2. The van der Waals surface area contributed by atoms with Gasteiger partial charge in [0, 0.05) is 30.0 Å². The first-order valence-electron chi connectivity index (χ1n) is 10.5. The number of carboxylic acids is 1. The molecule has 0 bridgehead atoms. The maximum absolute atomic E-state index is 12.7. The molecule has 0 radical (unpaired) electrons. The molecule has 0 unspecified atom stereocenters. The van der Waals surface area contributed by atoms with Gasteiger partial charge in [-0.3, -0.25) is 9.59 Å². The summed E-state index contributed by atoms with van der Waals surface area (Å²) in [5.74, 6) is -1.19. The highest BCUT2D eigenvalue weighted by Gasteiger charge is 2.42. The van der Waals surface area contributed by atoms with E-state index in [1.165, 1.54) is 12.1 Å². The highest BCUT2D eigenvalue weighted by Crippen LogP contribution is 2.46. The number of aromatic carboxylic acids is 1. The summed E-state index contributed by atoms with van der Waals surface area (Å²) in [7, 11) is 0. The lowest BCUT2D eigenvalue weighted by molar-refractivity contribution is -0.117. The van der Waals surface area contributed by atoms with Crippen LogP contribution in [0.4, 0.5) is 5.69 Å². The molecule has 1 aliphatic carbocycles. The van der Waals surface area contributed by atoms with Crippen molar-refractivity contribution in [3.8, 4) is 11.5 Å².